The summed E-state index contributed by atoms with van der Waals surface area (Å²) in [6.07, 6.45) is 5.11. The lowest BCUT2D eigenvalue weighted by molar-refractivity contribution is -0.885. The van der Waals surface area contributed by atoms with Crippen LogP contribution in [0.15, 0.2) is 23.9 Å². The van der Waals surface area contributed by atoms with Gasteiger partial charge in [0.05, 0.1) is 26.6 Å². The number of nitrogens with zero attached hydrogens (tertiary/aromatic N) is 2. The van der Waals surface area contributed by atoms with Crippen molar-refractivity contribution in [3.05, 3.63) is 23.9 Å². The number of carboxylic acid groups (broad SMARTS) is 1. The first kappa shape index (κ1) is 27.2. The Hall–Kier alpha value is -1.80. The van der Waals surface area contributed by atoms with Crippen LogP contribution in [-0.4, -0.2) is 73.2 Å². The summed E-state index contributed by atoms with van der Waals surface area (Å²) in [4.78, 5) is 37.2. The molecule has 0 fully saturated rings. The third-order valence-electron chi connectivity index (χ3n) is 4.48. The molecule has 0 spiro atoms. The molecular formula is C21H37N3O4S. The minimum atomic E-state index is -1.23. The van der Waals surface area contributed by atoms with Crippen molar-refractivity contribution in [2.24, 2.45) is 0 Å². The molecule has 0 atom stereocenters. The van der Waals surface area contributed by atoms with Crippen LogP contribution >= 0.6 is 12.6 Å². The molecule has 1 N–H and O–H groups in total. The maximum atomic E-state index is 12.7. The second-order valence-corrected chi connectivity index (χ2v) is 8.38. The Bertz CT molecular complexity index is 603. The van der Waals surface area contributed by atoms with Crippen LogP contribution in [0.25, 0.3) is 0 Å². The van der Waals surface area contributed by atoms with Crippen LogP contribution in [0.4, 0.5) is 0 Å². The third-order valence-corrected chi connectivity index (χ3v) is 4.79. The summed E-state index contributed by atoms with van der Waals surface area (Å²) in [7, 11) is 3.85. The Labute approximate surface area is 180 Å². The molecule has 0 aromatic rings. The molecular weight excluding hydrogens is 390 g/mol. The van der Waals surface area contributed by atoms with Crippen molar-refractivity contribution in [1.29, 1.82) is 0 Å². The van der Waals surface area contributed by atoms with E-state index in [0.717, 1.165) is 31.4 Å². The molecule has 0 unspecified atom stereocenters. The predicted molar refractivity (Wildman–Crippen MR) is 117 cm³/mol. The van der Waals surface area contributed by atoms with Crippen LogP contribution in [0.1, 0.15) is 46.0 Å². The van der Waals surface area contributed by atoms with Gasteiger partial charge in [-0.2, -0.15) is 12.6 Å². The number of nitrogens with one attached hydrogen (secondary N) is 1. The van der Waals surface area contributed by atoms with Crippen molar-refractivity contribution >= 4 is 30.4 Å². The summed E-state index contributed by atoms with van der Waals surface area (Å²) in [5, 5.41) is 13.6. The Balaban J connectivity index is 4.68. The van der Waals surface area contributed by atoms with Crippen molar-refractivity contribution in [2.75, 3.05) is 46.0 Å². The summed E-state index contributed by atoms with van der Waals surface area (Å²) in [5.41, 5.74) is 0.556. The van der Waals surface area contributed by atoms with Crippen LogP contribution in [0, 0.1) is 0 Å². The smallest absolute Gasteiger partial charge is 0.250 e. The fourth-order valence-corrected chi connectivity index (χ4v) is 3.13. The number of amides is 2. The van der Waals surface area contributed by atoms with Crippen molar-refractivity contribution < 1.29 is 24.0 Å². The van der Waals surface area contributed by atoms with E-state index >= 15 is 0 Å². The van der Waals surface area contributed by atoms with Crippen molar-refractivity contribution in [3.63, 3.8) is 0 Å². The molecule has 0 rings (SSSR count). The molecule has 29 heavy (non-hydrogen) atoms. The van der Waals surface area contributed by atoms with Gasteiger partial charge in [0, 0.05) is 43.3 Å². The van der Waals surface area contributed by atoms with E-state index in [-0.39, 0.29) is 17.4 Å². The minimum Gasteiger partial charge on any atom is -0.545 e. The summed E-state index contributed by atoms with van der Waals surface area (Å²) in [5.74, 6) is -0.684. The Morgan fingerprint density at radius 2 is 1.83 bits per heavy atom. The molecule has 0 aliphatic carbocycles. The number of thiol groups is 1. The molecule has 2 amide bonds. The highest BCUT2D eigenvalue weighted by Gasteiger charge is 2.20. The highest BCUT2D eigenvalue weighted by atomic mass is 32.1. The number of hydrogen-bond acceptors (Lipinski definition) is 5. The van der Waals surface area contributed by atoms with Gasteiger partial charge >= 0.3 is 0 Å². The zero-order chi connectivity index (χ0) is 22.4. The van der Waals surface area contributed by atoms with Gasteiger partial charge in [-0.25, -0.2) is 0 Å². The van der Waals surface area contributed by atoms with E-state index in [1.54, 1.807) is 11.8 Å². The number of hydrogen-bond donors (Lipinski definition) is 2. The number of quaternary nitrogens is 1. The average molecular weight is 428 g/mol. The molecule has 0 aromatic carbocycles. The fourth-order valence-electron chi connectivity index (χ4n) is 2.90. The highest BCUT2D eigenvalue weighted by Crippen LogP contribution is 2.08. The third kappa shape index (κ3) is 12.4. The molecule has 0 bridgehead atoms. The molecule has 166 valence electrons. The van der Waals surface area contributed by atoms with Gasteiger partial charge in [-0.15, -0.1) is 0 Å². The molecule has 0 radical (unpaired) electrons. The van der Waals surface area contributed by atoms with E-state index in [9.17, 15) is 19.5 Å². The van der Waals surface area contributed by atoms with Crippen molar-refractivity contribution in [2.45, 2.75) is 46.0 Å². The number of carboxylic acids is 1. The molecule has 0 aliphatic rings. The van der Waals surface area contributed by atoms with Crippen molar-refractivity contribution in [3.8, 4) is 0 Å². The monoisotopic (exact) mass is 427 g/mol. The second kappa shape index (κ2) is 14.2. The van der Waals surface area contributed by atoms with Crippen LogP contribution in [-0.2, 0) is 14.4 Å². The van der Waals surface area contributed by atoms with Gasteiger partial charge in [0.2, 0.25) is 5.91 Å². The van der Waals surface area contributed by atoms with E-state index in [1.165, 1.54) is 6.20 Å². The number of carbonyl (C=O) groups excluding carboxylic acids is 3. The van der Waals surface area contributed by atoms with Gasteiger partial charge < -0.3 is 24.6 Å². The summed E-state index contributed by atoms with van der Waals surface area (Å²) in [6.45, 7) is 9.42. The zero-order valence-electron chi connectivity index (χ0n) is 18.3. The Kier molecular flexibility index (Phi) is 13.3. The summed E-state index contributed by atoms with van der Waals surface area (Å²) in [6, 6.07) is 0. The van der Waals surface area contributed by atoms with E-state index in [2.05, 4.69) is 24.5 Å². The Morgan fingerprint density at radius 3 is 2.38 bits per heavy atom. The number of aliphatic carboxylic acids is 1. The van der Waals surface area contributed by atoms with Crippen LogP contribution in [0.3, 0.4) is 0 Å². The van der Waals surface area contributed by atoms with Crippen LogP contribution in [0.5, 0.6) is 0 Å². The summed E-state index contributed by atoms with van der Waals surface area (Å²) >= 11 is 4.12. The maximum absolute atomic E-state index is 12.7. The first-order valence-electron chi connectivity index (χ1n) is 10.1. The number of unbranched alkanes of at least 4 members (excludes halogenated alkanes) is 1. The zero-order valence-corrected chi connectivity index (χ0v) is 19.2. The molecule has 0 aromatic heterocycles. The van der Waals surface area contributed by atoms with Gasteiger partial charge in [0.25, 0.3) is 5.91 Å². The van der Waals surface area contributed by atoms with Gasteiger partial charge in [-0.1, -0.05) is 13.5 Å². The lowest BCUT2D eigenvalue weighted by Crippen LogP contribution is -2.46. The molecule has 0 saturated carbocycles. The average Bonchev–Trinajstić information content (AvgIpc) is 2.64. The highest BCUT2D eigenvalue weighted by molar-refractivity contribution is 7.80. The first-order chi connectivity index (χ1) is 13.5. The predicted octanol–water partition coefficient (Wildman–Crippen LogP) is 1.12. The number of rotatable bonds is 15. The lowest BCUT2D eigenvalue weighted by Gasteiger charge is -2.32. The molecule has 0 heterocycles. The molecule has 7 nitrogen and oxygen atoms in total. The quantitative estimate of drug-likeness (QED) is 0.177. The van der Waals surface area contributed by atoms with E-state index < -0.39 is 5.97 Å². The number of likely N-dealkylation sites (N-methyl/N-ethyl adjacent to an activating group) is 1. The molecule has 0 saturated heterocycles. The van der Waals surface area contributed by atoms with Crippen LogP contribution < -0.4 is 10.4 Å². The lowest BCUT2D eigenvalue weighted by atomic mass is 10.2. The van der Waals surface area contributed by atoms with Gasteiger partial charge in [-0.05, 0) is 31.9 Å². The van der Waals surface area contributed by atoms with E-state index in [4.69, 9.17) is 0 Å². The largest absolute Gasteiger partial charge is 0.545 e. The van der Waals surface area contributed by atoms with Crippen molar-refractivity contribution in [1.82, 2.24) is 10.2 Å². The van der Waals surface area contributed by atoms with E-state index in [0.29, 0.717) is 42.7 Å². The number of carbonyl (C=O) groups is 3. The molecule has 8 heteroatoms. The summed E-state index contributed by atoms with van der Waals surface area (Å²) < 4.78 is 0.456. The minimum absolute atomic E-state index is 0.0698. The molecule has 0 aliphatic heterocycles. The van der Waals surface area contributed by atoms with Gasteiger partial charge in [0.1, 0.15) is 6.54 Å². The Morgan fingerprint density at radius 1 is 1.17 bits per heavy atom. The standard InChI is InChI=1S/C21H37N3O4S/c1-6-11-23(12-9-13-24(4,5)16-18(3)21(27)28)20(26)17(2)15-22-19(25)10-7-8-14-29/h15H,3,6-14,16H2,1-2,4-5H3,(H2-,22,25,26,27,28,29). The normalized spacial score (nSPS) is 11.8. The second-order valence-electron chi connectivity index (χ2n) is 7.93. The van der Waals surface area contributed by atoms with Gasteiger partial charge in [0.15, 0.2) is 0 Å². The van der Waals surface area contributed by atoms with Gasteiger partial charge in [-0.3, -0.25) is 9.59 Å². The van der Waals surface area contributed by atoms with E-state index in [1.807, 2.05) is 21.0 Å². The fraction of sp³-hybridized carbons (Fsp3) is 0.667. The van der Waals surface area contributed by atoms with Crippen LogP contribution in [0.2, 0.25) is 0 Å². The maximum Gasteiger partial charge on any atom is 0.250 e. The SMILES string of the molecule is C=C(C[N+](C)(C)CCCN(CCC)C(=O)C(C)=CNC(=O)CCCCS)C(=O)[O-]. The first-order valence-corrected chi connectivity index (χ1v) is 10.7. The topological polar surface area (TPSA) is 89.5 Å².